The van der Waals surface area contributed by atoms with Crippen molar-refractivity contribution in [1.82, 2.24) is 10.2 Å². The van der Waals surface area contributed by atoms with Gasteiger partial charge in [-0.1, -0.05) is 10.2 Å². The fourth-order valence-electron chi connectivity index (χ4n) is 0.566. The van der Waals surface area contributed by atoms with Gasteiger partial charge in [-0.3, -0.25) is 0 Å². The minimum absolute atomic E-state index is 0.0601. The van der Waals surface area contributed by atoms with Crippen molar-refractivity contribution in [1.29, 1.82) is 0 Å². The van der Waals surface area contributed by atoms with Crippen LogP contribution >= 0.6 is 0 Å². The van der Waals surface area contributed by atoms with Crippen molar-refractivity contribution in [3.05, 3.63) is 0 Å². The van der Waals surface area contributed by atoms with E-state index >= 15 is 0 Å². The van der Waals surface area contributed by atoms with Crippen LogP contribution in [0.25, 0.3) is 0 Å². The van der Waals surface area contributed by atoms with Crippen LogP contribution in [0.4, 0.5) is 12.0 Å². The zero-order chi connectivity index (χ0) is 8.10. The number of nitrogens with two attached hydrogens (primary N) is 1. The SMILES string of the molecule is COCCNc1nnc(N)o1. The highest BCUT2D eigenvalue weighted by molar-refractivity contribution is 5.21. The van der Waals surface area contributed by atoms with Gasteiger partial charge in [0.2, 0.25) is 0 Å². The largest absolute Gasteiger partial charge is 0.390 e. The van der Waals surface area contributed by atoms with Gasteiger partial charge in [0.05, 0.1) is 6.61 Å². The highest BCUT2D eigenvalue weighted by Crippen LogP contribution is 2.04. The maximum absolute atomic E-state index is 5.17. The summed E-state index contributed by atoms with van der Waals surface area (Å²) in [5.41, 5.74) is 5.17. The van der Waals surface area contributed by atoms with Crippen LogP contribution in [0.3, 0.4) is 0 Å². The second kappa shape index (κ2) is 3.77. The van der Waals surface area contributed by atoms with Crippen molar-refractivity contribution in [3.8, 4) is 0 Å². The highest BCUT2D eigenvalue weighted by atomic mass is 16.5. The van der Waals surface area contributed by atoms with Gasteiger partial charge >= 0.3 is 12.0 Å². The lowest BCUT2D eigenvalue weighted by atomic mass is 10.7. The Kier molecular flexibility index (Phi) is 2.67. The third kappa shape index (κ3) is 2.42. The maximum Gasteiger partial charge on any atom is 0.316 e. The molecular formula is C5H10N4O2. The molecule has 0 saturated heterocycles. The fraction of sp³-hybridized carbons (Fsp3) is 0.600. The Morgan fingerprint density at radius 2 is 2.45 bits per heavy atom. The van der Waals surface area contributed by atoms with Gasteiger partial charge in [-0.2, -0.15) is 0 Å². The van der Waals surface area contributed by atoms with Crippen molar-refractivity contribution < 1.29 is 9.15 Å². The molecular weight excluding hydrogens is 148 g/mol. The smallest absolute Gasteiger partial charge is 0.316 e. The second-order valence-corrected chi connectivity index (χ2v) is 1.87. The molecule has 0 amide bonds. The zero-order valence-corrected chi connectivity index (χ0v) is 6.20. The van der Waals surface area contributed by atoms with Crippen LogP contribution in [0.5, 0.6) is 0 Å². The summed E-state index contributed by atoms with van der Waals surface area (Å²) in [5.74, 6) is 0. The Balaban J connectivity index is 2.27. The zero-order valence-electron chi connectivity index (χ0n) is 6.20. The molecule has 1 aromatic rings. The van der Waals surface area contributed by atoms with Crippen molar-refractivity contribution in [3.63, 3.8) is 0 Å². The molecule has 0 saturated carbocycles. The molecule has 0 spiro atoms. The third-order valence-electron chi connectivity index (χ3n) is 1.02. The number of nitrogens with zero attached hydrogens (tertiary/aromatic N) is 2. The first kappa shape index (κ1) is 7.80. The average Bonchev–Trinajstić information content (AvgIpc) is 2.37. The van der Waals surface area contributed by atoms with E-state index in [0.717, 1.165) is 0 Å². The molecule has 0 aliphatic heterocycles. The van der Waals surface area contributed by atoms with Gasteiger partial charge in [0, 0.05) is 13.7 Å². The molecule has 0 aliphatic carbocycles. The van der Waals surface area contributed by atoms with Crippen LogP contribution in [-0.4, -0.2) is 30.5 Å². The van der Waals surface area contributed by atoms with Crippen LogP contribution in [0.1, 0.15) is 0 Å². The van der Waals surface area contributed by atoms with E-state index in [-0.39, 0.29) is 6.01 Å². The van der Waals surface area contributed by atoms with Crippen molar-refractivity contribution in [2.24, 2.45) is 0 Å². The van der Waals surface area contributed by atoms with Crippen molar-refractivity contribution in [2.45, 2.75) is 0 Å². The first-order chi connectivity index (χ1) is 5.33. The molecule has 0 fully saturated rings. The first-order valence-electron chi connectivity index (χ1n) is 3.14. The normalized spacial score (nSPS) is 9.91. The monoisotopic (exact) mass is 158 g/mol. The topological polar surface area (TPSA) is 86.2 Å². The number of rotatable bonds is 4. The van der Waals surface area contributed by atoms with Gasteiger partial charge < -0.3 is 20.2 Å². The molecule has 11 heavy (non-hydrogen) atoms. The molecule has 6 nitrogen and oxygen atoms in total. The Labute approximate surface area is 63.7 Å². The molecule has 0 unspecified atom stereocenters. The summed E-state index contributed by atoms with van der Waals surface area (Å²) in [6.45, 7) is 1.21. The summed E-state index contributed by atoms with van der Waals surface area (Å²) >= 11 is 0. The van der Waals surface area contributed by atoms with E-state index in [2.05, 4.69) is 15.5 Å². The van der Waals surface area contributed by atoms with E-state index in [9.17, 15) is 0 Å². The average molecular weight is 158 g/mol. The number of hydrogen-bond donors (Lipinski definition) is 2. The van der Waals surface area contributed by atoms with Gasteiger partial charge in [0.1, 0.15) is 0 Å². The lowest BCUT2D eigenvalue weighted by Gasteiger charge is -1.97. The molecule has 0 aromatic carbocycles. The summed E-state index contributed by atoms with van der Waals surface area (Å²) in [6.07, 6.45) is 0. The van der Waals surface area contributed by atoms with Crippen LogP contribution in [0.15, 0.2) is 4.42 Å². The maximum atomic E-state index is 5.17. The molecule has 0 atom stereocenters. The predicted molar refractivity (Wildman–Crippen MR) is 39.1 cm³/mol. The van der Waals surface area contributed by atoms with Gasteiger partial charge in [0.25, 0.3) is 0 Å². The molecule has 1 aromatic heterocycles. The van der Waals surface area contributed by atoms with E-state index in [0.29, 0.717) is 19.2 Å². The molecule has 6 heteroatoms. The standard InChI is InChI=1S/C5H10N4O2/c1-10-3-2-7-5-9-8-4(6)11-5/h2-3H2,1H3,(H2,6,8)(H,7,9). The lowest BCUT2D eigenvalue weighted by Crippen LogP contribution is -2.07. The quantitative estimate of drug-likeness (QED) is 0.585. The van der Waals surface area contributed by atoms with Crippen LogP contribution in [0.2, 0.25) is 0 Å². The number of ether oxygens (including phenoxy) is 1. The Hall–Kier alpha value is -1.30. The summed E-state index contributed by atoms with van der Waals surface area (Å²) < 4.78 is 9.61. The Morgan fingerprint density at radius 3 is 3.00 bits per heavy atom. The summed E-state index contributed by atoms with van der Waals surface area (Å²) in [7, 11) is 1.61. The molecule has 1 rings (SSSR count). The van der Waals surface area contributed by atoms with Crippen molar-refractivity contribution >= 4 is 12.0 Å². The lowest BCUT2D eigenvalue weighted by molar-refractivity contribution is 0.210. The van der Waals surface area contributed by atoms with E-state index in [1.54, 1.807) is 7.11 Å². The van der Waals surface area contributed by atoms with E-state index in [1.165, 1.54) is 0 Å². The van der Waals surface area contributed by atoms with Gasteiger partial charge in [-0.25, -0.2) is 0 Å². The number of hydrogen-bond acceptors (Lipinski definition) is 6. The van der Waals surface area contributed by atoms with E-state index < -0.39 is 0 Å². The number of aromatic nitrogens is 2. The van der Waals surface area contributed by atoms with Crippen LogP contribution < -0.4 is 11.1 Å². The fourth-order valence-corrected chi connectivity index (χ4v) is 0.566. The third-order valence-corrected chi connectivity index (χ3v) is 1.02. The molecule has 0 aliphatic rings. The molecule has 1 heterocycles. The first-order valence-corrected chi connectivity index (χ1v) is 3.14. The summed E-state index contributed by atoms with van der Waals surface area (Å²) in [6, 6.07) is 0.379. The van der Waals surface area contributed by atoms with Gasteiger partial charge in [0.15, 0.2) is 0 Å². The Bertz CT molecular complexity index is 212. The molecule has 3 N–H and O–H groups in total. The summed E-state index contributed by atoms with van der Waals surface area (Å²) in [5, 5.41) is 9.85. The number of nitrogens with one attached hydrogen (secondary N) is 1. The second-order valence-electron chi connectivity index (χ2n) is 1.87. The minimum atomic E-state index is 0.0601. The molecule has 0 radical (unpaired) electrons. The number of anilines is 2. The van der Waals surface area contributed by atoms with Gasteiger partial charge in [-0.05, 0) is 0 Å². The molecule has 0 bridgehead atoms. The van der Waals surface area contributed by atoms with E-state index in [4.69, 9.17) is 14.9 Å². The Morgan fingerprint density at radius 1 is 1.64 bits per heavy atom. The van der Waals surface area contributed by atoms with E-state index in [1.807, 2.05) is 0 Å². The van der Waals surface area contributed by atoms with Crippen LogP contribution in [0, 0.1) is 0 Å². The molecule has 62 valence electrons. The number of nitrogen functional groups attached to an aromatic ring is 1. The van der Waals surface area contributed by atoms with Crippen molar-refractivity contribution in [2.75, 3.05) is 31.3 Å². The number of methoxy groups -OCH3 is 1. The minimum Gasteiger partial charge on any atom is -0.390 e. The predicted octanol–water partition coefficient (Wildman–Crippen LogP) is -0.290. The highest BCUT2D eigenvalue weighted by Gasteiger charge is 1.98. The summed E-state index contributed by atoms with van der Waals surface area (Å²) in [4.78, 5) is 0. The van der Waals surface area contributed by atoms with Gasteiger partial charge in [-0.15, -0.1) is 0 Å². The van der Waals surface area contributed by atoms with Crippen LogP contribution in [-0.2, 0) is 4.74 Å².